The van der Waals surface area contributed by atoms with Crippen molar-refractivity contribution in [1.82, 2.24) is 0 Å². The smallest absolute Gasteiger partial charge is 0.252 e. The third kappa shape index (κ3) is 12.2. The van der Waals surface area contributed by atoms with Crippen LogP contribution in [0, 0.1) is 13.8 Å². The van der Waals surface area contributed by atoms with Crippen LogP contribution in [0.5, 0.6) is 23.0 Å². The van der Waals surface area contributed by atoms with Crippen molar-refractivity contribution in [3.8, 4) is 89.8 Å². The van der Waals surface area contributed by atoms with Gasteiger partial charge in [-0.2, -0.15) is 0 Å². The summed E-state index contributed by atoms with van der Waals surface area (Å²) in [5.74, 6) is 3.01. The highest BCUT2D eigenvalue weighted by molar-refractivity contribution is 7.25. The van der Waals surface area contributed by atoms with Crippen LogP contribution in [0.1, 0.15) is 63.8 Å². The fourth-order valence-electron chi connectivity index (χ4n) is 22.1. The van der Waals surface area contributed by atoms with Crippen LogP contribution in [-0.2, 0) is 10.8 Å². The van der Waals surface area contributed by atoms with Crippen LogP contribution in [0.4, 0.5) is 68.2 Å². The van der Waals surface area contributed by atoms with Gasteiger partial charge in [-0.1, -0.05) is 224 Å². The molecule has 0 radical (unpaired) electrons. The van der Waals surface area contributed by atoms with Crippen LogP contribution in [0.2, 0.25) is 0 Å². The average molecular weight is 1730 g/mol. The molecule has 10 nitrogen and oxygen atoms in total. The standard InChI is InChI=1S/C120H86B2N4O6S/c1-69-49-103-117-104(50-69)124(85-17-11-9-12-18-85)101-65-113-111(127-67-129-113)63-97(101)121(117)95-56-74(77-30-43-90-89-21-15-16-22-107(89)131-108(90)59-77)34-47-99(95)123(103)87-40-27-71(28-41-87)76-29-42-91-92-44-31-78(60-110(92)132-109(91)58-76)80-33-46-94-93-45-32-79(61-115(93)133-116(94)62-80)75-35-48-100-96(57-75)122-98-64-112-114(130-68-128-112)66-102(98)125(86-19-13-10-14-20-86)105-51-70(2)52-106(118(105)122)126(100)88-54-81(72-23-36-83(37-24-72)119(3,4)5)53-82(55-88)73-25-38-84(39-26-73)120(6,7)8/h9-66H,67-68H2,1-8H3. The molecule has 0 amide bonds. The van der Waals surface area contributed by atoms with E-state index >= 15 is 0 Å². The molecule has 18 aromatic carbocycles. The van der Waals surface area contributed by atoms with Gasteiger partial charge in [-0.15, -0.1) is 11.3 Å². The first kappa shape index (κ1) is 77.3. The molecule has 0 spiro atoms. The molecule has 634 valence electrons. The summed E-state index contributed by atoms with van der Waals surface area (Å²) >= 11 is 1.85. The fourth-order valence-corrected chi connectivity index (χ4v) is 23.2. The normalized spacial score (nSPS) is 13.8. The van der Waals surface area contributed by atoms with E-state index in [9.17, 15) is 0 Å². The molecule has 6 aliphatic rings. The van der Waals surface area contributed by atoms with Crippen molar-refractivity contribution in [1.29, 1.82) is 0 Å². The molecule has 0 saturated heterocycles. The molecule has 0 atom stereocenters. The van der Waals surface area contributed by atoms with Crippen molar-refractivity contribution >= 4 is 190 Å². The Bertz CT molecular complexity index is 8470. The second kappa shape index (κ2) is 28.9. The summed E-state index contributed by atoms with van der Waals surface area (Å²) in [6.45, 7) is 18.2. The molecule has 0 unspecified atom stereocenters. The molecule has 0 bridgehead atoms. The SMILES string of the molecule is Cc1cc2c3c(c1)N(c1ccccc1)c1cc4c(cc1B3c1cc(-c3ccc5c(c3)oc3ccccc35)ccc1N2c1ccc(-c2ccc3c(c2)oc2cc(-c5ccc6c(c5)sc5cc(-c7ccc8c(c7)B7c9cc%10c(cc9N(c9ccccc9)c9cc(C)cc(c97)N8c7cc(-c8ccc(C(C)(C)C)cc8)cc(-c8ccc(C(C)(C)C)cc8)c7)OCO%10)ccc56)ccc23)cc1)OCO4. The van der Waals surface area contributed by atoms with E-state index in [2.05, 4.69) is 415 Å². The van der Waals surface area contributed by atoms with Gasteiger partial charge in [0.25, 0.3) is 13.4 Å². The predicted octanol–water partition coefficient (Wildman–Crippen LogP) is 28.7. The van der Waals surface area contributed by atoms with E-state index in [-0.39, 0.29) is 37.8 Å². The quantitative estimate of drug-likeness (QED) is 0.124. The van der Waals surface area contributed by atoms with E-state index in [1.807, 2.05) is 23.5 Å². The fraction of sp³-hybridized carbons (Fsp3) is 0.100. The number of para-hydroxylation sites is 3. The summed E-state index contributed by atoms with van der Waals surface area (Å²) in [6, 6.07) is 131. The summed E-state index contributed by atoms with van der Waals surface area (Å²) in [7, 11) is 0. The Kier molecular flexibility index (Phi) is 16.8. The van der Waals surface area contributed by atoms with Crippen LogP contribution < -0.4 is 71.3 Å². The number of benzene rings is 18. The van der Waals surface area contributed by atoms with Crippen LogP contribution in [0.3, 0.4) is 0 Å². The lowest BCUT2D eigenvalue weighted by molar-refractivity contribution is 0.173. The largest absolute Gasteiger partial charge is 0.456 e. The molecule has 27 rings (SSSR count). The minimum atomic E-state index is -0.180. The van der Waals surface area contributed by atoms with E-state index in [0.29, 0.717) is 0 Å². The van der Waals surface area contributed by atoms with Gasteiger partial charge in [-0.05, 0) is 304 Å². The average Bonchev–Trinajstić information content (AvgIpc) is 1.32. The zero-order chi connectivity index (χ0) is 88.7. The second-order valence-corrected chi connectivity index (χ2v) is 39.8. The summed E-state index contributed by atoms with van der Waals surface area (Å²) in [6.07, 6.45) is 0. The second-order valence-electron chi connectivity index (χ2n) is 38.7. The topological polar surface area (TPSA) is 76.2 Å². The lowest BCUT2D eigenvalue weighted by atomic mass is 9.33. The zero-order valence-corrected chi connectivity index (χ0v) is 75.5. The van der Waals surface area contributed by atoms with Gasteiger partial charge in [0.05, 0.1) is 0 Å². The number of nitrogens with zero attached hydrogens (tertiary/aromatic N) is 4. The lowest BCUT2D eigenvalue weighted by Gasteiger charge is -2.44. The van der Waals surface area contributed by atoms with Gasteiger partial charge in [0.2, 0.25) is 13.6 Å². The number of fused-ring (bicyclic) bond motifs is 19. The van der Waals surface area contributed by atoms with Gasteiger partial charge < -0.3 is 47.4 Å². The molecular weight excluding hydrogens is 1650 g/mol. The van der Waals surface area contributed by atoms with Gasteiger partial charge in [-0.3, -0.25) is 0 Å². The first-order chi connectivity index (χ1) is 64.9. The molecule has 21 aromatic rings. The van der Waals surface area contributed by atoms with E-state index in [4.69, 9.17) is 27.8 Å². The van der Waals surface area contributed by atoms with E-state index in [1.165, 1.54) is 64.3 Å². The van der Waals surface area contributed by atoms with E-state index in [0.717, 1.165) is 213 Å². The van der Waals surface area contributed by atoms with Gasteiger partial charge in [0, 0.05) is 122 Å². The molecule has 6 aliphatic heterocycles. The van der Waals surface area contributed by atoms with Crippen LogP contribution >= 0.6 is 11.3 Å². The van der Waals surface area contributed by atoms with Crippen LogP contribution in [0.25, 0.3) is 131 Å². The van der Waals surface area contributed by atoms with Crippen LogP contribution in [-0.4, -0.2) is 27.0 Å². The monoisotopic (exact) mass is 1730 g/mol. The van der Waals surface area contributed by atoms with Gasteiger partial charge >= 0.3 is 0 Å². The summed E-state index contributed by atoms with van der Waals surface area (Å²) in [5.41, 5.74) is 42.3. The number of furan rings is 2. The Balaban J connectivity index is 0.533. The predicted molar refractivity (Wildman–Crippen MR) is 554 cm³/mol. The minimum Gasteiger partial charge on any atom is -0.456 e. The molecule has 0 saturated carbocycles. The van der Waals surface area contributed by atoms with Crippen molar-refractivity contribution in [3.05, 3.63) is 374 Å². The maximum Gasteiger partial charge on any atom is 0.252 e. The van der Waals surface area contributed by atoms with E-state index < -0.39 is 0 Å². The highest BCUT2D eigenvalue weighted by Crippen LogP contribution is 2.53. The highest BCUT2D eigenvalue weighted by Gasteiger charge is 2.48. The Morgan fingerprint density at radius 1 is 0.241 bits per heavy atom. The lowest BCUT2D eigenvalue weighted by Crippen LogP contribution is -2.61. The van der Waals surface area contributed by atoms with Gasteiger partial charge in [0.1, 0.15) is 22.3 Å². The van der Waals surface area contributed by atoms with Crippen molar-refractivity contribution in [2.45, 2.75) is 66.2 Å². The van der Waals surface area contributed by atoms with Gasteiger partial charge in [-0.25, -0.2) is 0 Å². The number of hydrogen-bond acceptors (Lipinski definition) is 11. The van der Waals surface area contributed by atoms with E-state index in [1.54, 1.807) is 0 Å². The first-order valence-electron chi connectivity index (χ1n) is 46.0. The van der Waals surface area contributed by atoms with Crippen molar-refractivity contribution in [2.75, 3.05) is 33.2 Å². The first-order valence-corrected chi connectivity index (χ1v) is 46.8. The third-order valence-corrected chi connectivity index (χ3v) is 29.7. The number of aryl methyl sites for hydroxylation is 2. The number of ether oxygens (including phenoxy) is 4. The summed E-state index contributed by atoms with van der Waals surface area (Å²) < 4.78 is 40.9. The third-order valence-electron chi connectivity index (χ3n) is 28.6. The van der Waals surface area contributed by atoms with Crippen molar-refractivity contribution in [2.24, 2.45) is 0 Å². The highest BCUT2D eigenvalue weighted by atomic mass is 32.1. The molecule has 0 N–H and O–H groups in total. The zero-order valence-electron chi connectivity index (χ0n) is 74.7. The molecule has 0 fully saturated rings. The van der Waals surface area contributed by atoms with Crippen molar-refractivity contribution < 1.29 is 27.8 Å². The number of thiophene rings is 1. The van der Waals surface area contributed by atoms with Gasteiger partial charge in [0.15, 0.2) is 23.0 Å². The molecule has 9 heterocycles. The molecule has 13 heteroatoms. The summed E-state index contributed by atoms with van der Waals surface area (Å²) in [5, 5.41) is 6.86. The number of anilines is 12. The Hall–Kier alpha value is -15.7. The Morgan fingerprint density at radius 3 is 1.01 bits per heavy atom. The minimum absolute atomic E-state index is 0.00704. The number of hydrogen-bond donors (Lipinski definition) is 0. The Labute approximate surface area is 775 Å². The maximum absolute atomic E-state index is 6.97. The molecule has 133 heavy (non-hydrogen) atoms. The Morgan fingerprint density at radius 2 is 0.564 bits per heavy atom. The molecular formula is C120H86B2N4O6S. The van der Waals surface area contributed by atoms with Crippen LogP contribution in [0.15, 0.2) is 361 Å². The number of rotatable bonds is 10. The van der Waals surface area contributed by atoms with Crippen molar-refractivity contribution in [3.63, 3.8) is 0 Å². The summed E-state index contributed by atoms with van der Waals surface area (Å²) in [4.78, 5) is 9.90. The molecule has 3 aromatic heterocycles. The maximum atomic E-state index is 6.97. The molecule has 0 aliphatic carbocycles.